The summed E-state index contributed by atoms with van der Waals surface area (Å²) >= 11 is 9.25. The Morgan fingerprint density at radius 2 is 2.19 bits per heavy atom. The maximum Gasteiger partial charge on any atom is 0.258 e. The minimum absolute atomic E-state index is 0.0256. The molecular formula is C16H21BrClNO2. The number of carbonyl (C=O) groups is 1. The molecule has 0 radical (unpaired) electrons. The molecule has 1 N–H and O–H groups in total. The van der Waals surface area contributed by atoms with Crippen molar-refractivity contribution in [2.24, 2.45) is 11.8 Å². The van der Waals surface area contributed by atoms with Crippen molar-refractivity contribution in [2.75, 3.05) is 6.61 Å². The molecule has 1 aliphatic rings. The summed E-state index contributed by atoms with van der Waals surface area (Å²) in [5.41, 5.74) is 0. The summed E-state index contributed by atoms with van der Waals surface area (Å²) in [4.78, 5) is 12.0. The van der Waals surface area contributed by atoms with Gasteiger partial charge in [-0.2, -0.15) is 0 Å². The van der Waals surface area contributed by atoms with Crippen LogP contribution in [0, 0.1) is 11.8 Å². The summed E-state index contributed by atoms with van der Waals surface area (Å²) in [5, 5.41) is 3.72. The van der Waals surface area contributed by atoms with Crippen LogP contribution in [0.1, 0.15) is 33.1 Å². The van der Waals surface area contributed by atoms with E-state index in [1.165, 1.54) is 12.8 Å². The lowest BCUT2D eigenvalue weighted by Gasteiger charge is -2.34. The molecule has 0 saturated heterocycles. The molecule has 3 atom stereocenters. The highest BCUT2D eigenvalue weighted by molar-refractivity contribution is 9.10. The second-order valence-electron chi connectivity index (χ2n) is 5.80. The third-order valence-electron chi connectivity index (χ3n) is 4.31. The zero-order valence-corrected chi connectivity index (χ0v) is 14.7. The standard InChI is InChI=1S/C16H21BrClNO2/c1-10-4-3-5-14(11(10)2)19-16(20)9-21-15-7-6-12(18)8-13(15)17/h6-8,10-11,14H,3-5,9H2,1-2H3,(H,19,20)/t10-,11+,14-/m0/s1. The molecule has 0 spiro atoms. The predicted molar refractivity (Wildman–Crippen MR) is 88.8 cm³/mol. The highest BCUT2D eigenvalue weighted by atomic mass is 79.9. The molecule has 1 aliphatic carbocycles. The number of benzene rings is 1. The number of rotatable bonds is 4. The Morgan fingerprint density at radius 1 is 1.43 bits per heavy atom. The molecule has 1 amide bonds. The van der Waals surface area contributed by atoms with E-state index in [9.17, 15) is 4.79 Å². The van der Waals surface area contributed by atoms with Crippen LogP contribution >= 0.6 is 27.5 Å². The number of ether oxygens (including phenoxy) is 1. The molecule has 5 heteroatoms. The fourth-order valence-corrected chi connectivity index (χ4v) is 3.57. The molecule has 1 fully saturated rings. The molecule has 0 aromatic heterocycles. The molecule has 0 unspecified atom stereocenters. The Hall–Kier alpha value is -0.740. The molecule has 2 rings (SSSR count). The Morgan fingerprint density at radius 3 is 2.90 bits per heavy atom. The Balaban J connectivity index is 1.84. The normalized spacial score (nSPS) is 25.4. The van der Waals surface area contributed by atoms with Crippen LogP contribution in [0.2, 0.25) is 5.02 Å². The quantitative estimate of drug-likeness (QED) is 0.847. The SMILES string of the molecule is C[C@H]1[C@@H](NC(=O)COc2ccc(Cl)cc2Br)CCC[C@@H]1C. The highest BCUT2D eigenvalue weighted by Crippen LogP contribution is 2.30. The number of halogens is 2. The highest BCUT2D eigenvalue weighted by Gasteiger charge is 2.28. The van der Waals surface area contributed by atoms with Gasteiger partial charge in [-0.15, -0.1) is 0 Å². The van der Waals surface area contributed by atoms with Gasteiger partial charge in [-0.3, -0.25) is 4.79 Å². The average molecular weight is 375 g/mol. The van der Waals surface area contributed by atoms with Crippen molar-refractivity contribution in [1.82, 2.24) is 5.32 Å². The van der Waals surface area contributed by atoms with Crippen molar-refractivity contribution in [3.8, 4) is 5.75 Å². The van der Waals surface area contributed by atoms with Crippen molar-refractivity contribution in [3.05, 3.63) is 27.7 Å². The van der Waals surface area contributed by atoms with Crippen molar-refractivity contribution in [1.29, 1.82) is 0 Å². The second-order valence-corrected chi connectivity index (χ2v) is 7.10. The van der Waals surface area contributed by atoms with Gasteiger partial charge in [-0.1, -0.05) is 38.3 Å². The van der Waals surface area contributed by atoms with Crippen LogP contribution in [-0.2, 0) is 4.79 Å². The van der Waals surface area contributed by atoms with E-state index in [0.717, 1.165) is 10.9 Å². The first-order chi connectivity index (χ1) is 9.97. The molecule has 0 heterocycles. The summed E-state index contributed by atoms with van der Waals surface area (Å²) in [6.07, 6.45) is 3.49. The predicted octanol–water partition coefficient (Wildman–Crippen LogP) is 4.42. The lowest BCUT2D eigenvalue weighted by atomic mass is 9.78. The summed E-state index contributed by atoms with van der Waals surface area (Å²) in [6.45, 7) is 4.49. The minimum Gasteiger partial charge on any atom is -0.483 e. The zero-order valence-electron chi connectivity index (χ0n) is 12.4. The van der Waals surface area contributed by atoms with Crippen molar-refractivity contribution < 1.29 is 9.53 Å². The van der Waals surface area contributed by atoms with Gasteiger partial charge in [0, 0.05) is 11.1 Å². The van der Waals surface area contributed by atoms with E-state index in [1.807, 2.05) is 0 Å². The Kier molecular flexibility index (Phi) is 5.94. The number of amides is 1. The summed E-state index contributed by atoms with van der Waals surface area (Å²) < 4.78 is 6.29. The van der Waals surface area contributed by atoms with Crippen molar-refractivity contribution in [2.45, 2.75) is 39.2 Å². The molecule has 0 aliphatic heterocycles. The van der Waals surface area contributed by atoms with Gasteiger partial charge in [0.1, 0.15) is 5.75 Å². The molecule has 3 nitrogen and oxygen atoms in total. The van der Waals surface area contributed by atoms with E-state index < -0.39 is 0 Å². The minimum atomic E-state index is -0.0669. The lowest BCUT2D eigenvalue weighted by molar-refractivity contribution is -0.124. The number of hydrogen-bond acceptors (Lipinski definition) is 2. The Bertz CT molecular complexity index is 509. The lowest BCUT2D eigenvalue weighted by Crippen LogP contribution is -2.45. The first kappa shape index (κ1) is 16.6. The third kappa shape index (κ3) is 4.62. The smallest absolute Gasteiger partial charge is 0.258 e. The first-order valence-electron chi connectivity index (χ1n) is 7.34. The number of nitrogens with one attached hydrogen (secondary N) is 1. The van der Waals surface area contributed by atoms with Crippen molar-refractivity contribution in [3.63, 3.8) is 0 Å². The molecular weight excluding hydrogens is 354 g/mol. The van der Waals surface area contributed by atoms with Gasteiger partial charge in [0.25, 0.3) is 5.91 Å². The maximum absolute atomic E-state index is 12.0. The molecule has 1 aromatic carbocycles. The van der Waals surface area contributed by atoms with E-state index in [1.54, 1.807) is 18.2 Å². The summed E-state index contributed by atoms with van der Waals surface area (Å²) in [6, 6.07) is 5.51. The van der Waals surface area contributed by atoms with Crippen LogP contribution in [0.3, 0.4) is 0 Å². The largest absolute Gasteiger partial charge is 0.483 e. The van der Waals surface area contributed by atoms with Crippen LogP contribution in [0.4, 0.5) is 0 Å². The van der Waals surface area contributed by atoms with Gasteiger partial charge in [-0.25, -0.2) is 0 Å². The molecule has 1 aromatic rings. The molecule has 21 heavy (non-hydrogen) atoms. The average Bonchev–Trinajstić information content (AvgIpc) is 2.43. The van der Waals surface area contributed by atoms with E-state index in [0.29, 0.717) is 22.6 Å². The van der Waals surface area contributed by atoms with Gasteiger partial charge in [-0.05, 0) is 52.4 Å². The van der Waals surface area contributed by atoms with Gasteiger partial charge in [0.15, 0.2) is 6.61 Å². The van der Waals surface area contributed by atoms with E-state index in [2.05, 4.69) is 35.1 Å². The van der Waals surface area contributed by atoms with Crippen LogP contribution in [0.15, 0.2) is 22.7 Å². The van der Waals surface area contributed by atoms with Crippen LogP contribution < -0.4 is 10.1 Å². The molecule has 116 valence electrons. The maximum atomic E-state index is 12.0. The number of hydrogen-bond donors (Lipinski definition) is 1. The second kappa shape index (κ2) is 7.50. The monoisotopic (exact) mass is 373 g/mol. The van der Waals surface area contributed by atoms with Crippen LogP contribution in [0.25, 0.3) is 0 Å². The summed E-state index contributed by atoms with van der Waals surface area (Å²) in [5.74, 6) is 1.74. The van der Waals surface area contributed by atoms with Gasteiger partial charge in [0.05, 0.1) is 4.47 Å². The van der Waals surface area contributed by atoms with Gasteiger partial charge < -0.3 is 10.1 Å². The molecule has 0 bridgehead atoms. The zero-order chi connectivity index (χ0) is 15.4. The van der Waals surface area contributed by atoms with E-state index in [4.69, 9.17) is 16.3 Å². The Labute approximate surface area is 139 Å². The van der Waals surface area contributed by atoms with Crippen LogP contribution in [0.5, 0.6) is 5.75 Å². The van der Waals surface area contributed by atoms with E-state index in [-0.39, 0.29) is 18.6 Å². The molecule has 1 saturated carbocycles. The van der Waals surface area contributed by atoms with Crippen LogP contribution in [-0.4, -0.2) is 18.6 Å². The fourth-order valence-electron chi connectivity index (χ4n) is 2.77. The summed E-state index contributed by atoms with van der Waals surface area (Å²) in [7, 11) is 0. The van der Waals surface area contributed by atoms with E-state index >= 15 is 0 Å². The van der Waals surface area contributed by atoms with Crippen molar-refractivity contribution >= 4 is 33.4 Å². The fraction of sp³-hybridized carbons (Fsp3) is 0.562. The number of carbonyl (C=O) groups excluding carboxylic acids is 1. The third-order valence-corrected chi connectivity index (χ3v) is 5.16. The van der Waals surface area contributed by atoms with Gasteiger partial charge in [0.2, 0.25) is 0 Å². The van der Waals surface area contributed by atoms with Gasteiger partial charge >= 0.3 is 0 Å². The topological polar surface area (TPSA) is 38.3 Å². The first-order valence-corrected chi connectivity index (χ1v) is 8.51.